The summed E-state index contributed by atoms with van der Waals surface area (Å²) in [6, 6.07) is 7.72. The van der Waals surface area contributed by atoms with E-state index < -0.39 is 10.8 Å². The second-order valence-corrected chi connectivity index (χ2v) is 7.61. The van der Waals surface area contributed by atoms with Crippen molar-refractivity contribution < 1.29 is 4.21 Å². The fraction of sp³-hybridized carbons (Fsp3) is 0.571. The Balaban J connectivity index is 2.28. The van der Waals surface area contributed by atoms with Crippen molar-refractivity contribution in [3.05, 3.63) is 29.3 Å². The Kier molecular flexibility index (Phi) is 4.15. The molecule has 1 saturated carbocycles. The molecule has 0 amide bonds. The Bertz CT molecular complexity index is 461. The van der Waals surface area contributed by atoms with Crippen LogP contribution in [0.25, 0.3) is 0 Å². The lowest BCUT2D eigenvalue weighted by Crippen LogP contribution is -2.44. The molecule has 1 N–H and O–H groups in total. The highest BCUT2D eigenvalue weighted by atomic mass is 35.5. The van der Waals surface area contributed by atoms with Gasteiger partial charge in [0.1, 0.15) is 0 Å². The van der Waals surface area contributed by atoms with Crippen molar-refractivity contribution in [1.82, 2.24) is 5.32 Å². The van der Waals surface area contributed by atoms with Gasteiger partial charge < -0.3 is 5.32 Å². The molecule has 0 aromatic heterocycles. The van der Waals surface area contributed by atoms with Crippen molar-refractivity contribution >= 4 is 22.4 Å². The maximum atomic E-state index is 12.7. The summed E-state index contributed by atoms with van der Waals surface area (Å²) in [5.74, 6) is 0. The van der Waals surface area contributed by atoms with Crippen LogP contribution in [0.1, 0.15) is 26.7 Å². The minimum Gasteiger partial charge on any atom is -0.315 e. The molecule has 100 valence electrons. The normalized spacial score (nSPS) is 28.2. The van der Waals surface area contributed by atoms with Crippen LogP contribution in [0.2, 0.25) is 5.02 Å². The Morgan fingerprint density at radius 1 is 1.39 bits per heavy atom. The Labute approximate surface area is 117 Å². The molecule has 1 aromatic carbocycles. The van der Waals surface area contributed by atoms with E-state index in [-0.39, 0.29) is 16.7 Å². The standard InChI is InChI=1S/C14H20ClNOS/c1-14(2)9-8-12(13(14)16-3)18(17)11-7-5-4-6-10(11)15/h4-7,12-13,16H,8-9H2,1-3H3. The fourth-order valence-corrected chi connectivity index (χ4v) is 5.16. The number of nitrogens with one attached hydrogen (secondary N) is 1. The maximum absolute atomic E-state index is 12.7. The van der Waals surface area contributed by atoms with Crippen LogP contribution in [0.15, 0.2) is 29.2 Å². The van der Waals surface area contributed by atoms with Gasteiger partial charge in [0.15, 0.2) is 0 Å². The minimum absolute atomic E-state index is 0.143. The molecule has 0 heterocycles. The van der Waals surface area contributed by atoms with Crippen LogP contribution in [0.3, 0.4) is 0 Å². The van der Waals surface area contributed by atoms with E-state index in [4.69, 9.17) is 11.6 Å². The van der Waals surface area contributed by atoms with E-state index in [2.05, 4.69) is 19.2 Å². The van der Waals surface area contributed by atoms with Crippen LogP contribution in [-0.4, -0.2) is 22.5 Å². The minimum atomic E-state index is -1.04. The zero-order valence-electron chi connectivity index (χ0n) is 11.1. The second-order valence-electron chi connectivity index (χ2n) is 5.56. The molecular formula is C14H20ClNOS. The first-order valence-electron chi connectivity index (χ1n) is 6.30. The monoisotopic (exact) mass is 285 g/mol. The van der Waals surface area contributed by atoms with Gasteiger partial charge in [0.2, 0.25) is 0 Å². The second kappa shape index (κ2) is 5.32. The number of benzene rings is 1. The molecule has 1 fully saturated rings. The van der Waals surface area contributed by atoms with Gasteiger partial charge in [0.25, 0.3) is 0 Å². The molecule has 0 radical (unpaired) electrons. The third-order valence-electron chi connectivity index (χ3n) is 3.93. The first-order chi connectivity index (χ1) is 8.47. The highest BCUT2D eigenvalue weighted by Crippen LogP contribution is 2.41. The van der Waals surface area contributed by atoms with Crippen molar-refractivity contribution in [2.45, 2.75) is 42.9 Å². The van der Waals surface area contributed by atoms with Gasteiger partial charge in [-0.2, -0.15) is 0 Å². The summed E-state index contributed by atoms with van der Waals surface area (Å²) in [5, 5.41) is 4.09. The third kappa shape index (κ3) is 2.49. The van der Waals surface area contributed by atoms with Crippen LogP contribution in [0.5, 0.6) is 0 Å². The molecule has 0 aliphatic heterocycles. The number of hydrogen-bond donors (Lipinski definition) is 1. The van der Waals surface area contributed by atoms with Crippen LogP contribution in [0, 0.1) is 5.41 Å². The molecule has 1 aliphatic rings. The zero-order valence-corrected chi connectivity index (χ0v) is 12.6. The predicted molar refractivity (Wildman–Crippen MR) is 77.5 cm³/mol. The zero-order chi connectivity index (χ0) is 13.3. The Morgan fingerprint density at radius 3 is 2.67 bits per heavy atom. The lowest BCUT2D eigenvalue weighted by Gasteiger charge is -2.30. The summed E-state index contributed by atoms with van der Waals surface area (Å²) >= 11 is 6.15. The molecule has 1 aromatic rings. The van der Waals surface area contributed by atoms with E-state index in [1.54, 1.807) is 0 Å². The molecule has 0 spiro atoms. The van der Waals surface area contributed by atoms with Crippen molar-refractivity contribution in [3.63, 3.8) is 0 Å². The summed E-state index contributed by atoms with van der Waals surface area (Å²) in [4.78, 5) is 0.766. The fourth-order valence-electron chi connectivity index (χ4n) is 2.92. The van der Waals surface area contributed by atoms with Gasteiger partial charge in [-0.1, -0.05) is 37.6 Å². The first kappa shape index (κ1) is 14.0. The lowest BCUT2D eigenvalue weighted by atomic mass is 9.87. The van der Waals surface area contributed by atoms with E-state index in [0.29, 0.717) is 5.02 Å². The summed E-state index contributed by atoms with van der Waals surface area (Å²) in [6.45, 7) is 4.47. The molecular weight excluding hydrogens is 266 g/mol. The molecule has 1 aliphatic carbocycles. The number of rotatable bonds is 3. The third-order valence-corrected chi connectivity index (χ3v) is 6.22. The lowest BCUT2D eigenvalue weighted by molar-refractivity contribution is 0.299. The van der Waals surface area contributed by atoms with E-state index in [9.17, 15) is 4.21 Å². The van der Waals surface area contributed by atoms with E-state index in [1.165, 1.54) is 0 Å². The average Bonchev–Trinajstić information content (AvgIpc) is 2.64. The molecule has 3 atom stereocenters. The van der Waals surface area contributed by atoms with Gasteiger partial charge in [0.05, 0.1) is 26.0 Å². The van der Waals surface area contributed by atoms with Crippen LogP contribution < -0.4 is 5.32 Å². The summed E-state index contributed by atoms with van der Waals surface area (Å²) in [5.41, 5.74) is 0.191. The topological polar surface area (TPSA) is 29.1 Å². The van der Waals surface area contributed by atoms with Crippen LogP contribution in [0.4, 0.5) is 0 Å². The van der Waals surface area contributed by atoms with Gasteiger partial charge in [-0.3, -0.25) is 4.21 Å². The van der Waals surface area contributed by atoms with Crippen LogP contribution in [-0.2, 0) is 10.8 Å². The molecule has 3 unspecified atom stereocenters. The van der Waals surface area contributed by atoms with Gasteiger partial charge in [-0.05, 0) is 37.4 Å². The molecule has 0 saturated heterocycles. The number of halogens is 1. The summed E-state index contributed by atoms with van der Waals surface area (Å²) in [6.07, 6.45) is 2.08. The molecule has 18 heavy (non-hydrogen) atoms. The summed E-state index contributed by atoms with van der Waals surface area (Å²) in [7, 11) is 0.912. The molecule has 2 rings (SSSR count). The van der Waals surface area contributed by atoms with Gasteiger partial charge in [0, 0.05) is 6.04 Å². The molecule has 0 bridgehead atoms. The van der Waals surface area contributed by atoms with E-state index in [1.807, 2.05) is 31.3 Å². The van der Waals surface area contributed by atoms with Crippen LogP contribution >= 0.6 is 11.6 Å². The average molecular weight is 286 g/mol. The van der Waals surface area contributed by atoms with Crippen molar-refractivity contribution in [2.75, 3.05) is 7.05 Å². The molecule has 2 nitrogen and oxygen atoms in total. The summed E-state index contributed by atoms with van der Waals surface area (Å²) < 4.78 is 12.7. The van der Waals surface area contributed by atoms with Crippen molar-refractivity contribution in [3.8, 4) is 0 Å². The van der Waals surface area contributed by atoms with Crippen molar-refractivity contribution in [1.29, 1.82) is 0 Å². The highest BCUT2D eigenvalue weighted by molar-refractivity contribution is 7.86. The Morgan fingerprint density at radius 2 is 2.06 bits per heavy atom. The SMILES string of the molecule is CNC1C(S(=O)c2ccccc2Cl)CCC1(C)C. The Hall–Kier alpha value is -0.380. The largest absolute Gasteiger partial charge is 0.315 e. The van der Waals surface area contributed by atoms with Gasteiger partial charge in [-0.25, -0.2) is 0 Å². The maximum Gasteiger partial charge on any atom is 0.0592 e. The molecule has 4 heteroatoms. The van der Waals surface area contributed by atoms with Gasteiger partial charge >= 0.3 is 0 Å². The van der Waals surface area contributed by atoms with E-state index in [0.717, 1.165) is 17.7 Å². The van der Waals surface area contributed by atoms with Crippen molar-refractivity contribution in [2.24, 2.45) is 5.41 Å². The first-order valence-corrected chi connectivity index (χ1v) is 7.89. The highest BCUT2D eigenvalue weighted by Gasteiger charge is 2.44. The van der Waals surface area contributed by atoms with Gasteiger partial charge in [-0.15, -0.1) is 0 Å². The quantitative estimate of drug-likeness (QED) is 0.924. The number of hydrogen-bond acceptors (Lipinski definition) is 2. The predicted octanol–water partition coefficient (Wildman–Crippen LogP) is 3.22. The smallest absolute Gasteiger partial charge is 0.0592 e. The van der Waals surface area contributed by atoms with E-state index >= 15 is 0 Å².